The van der Waals surface area contributed by atoms with Crippen molar-refractivity contribution in [2.75, 3.05) is 39.4 Å². The molecule has 0 spiro atoms. The van der Waals surface area contributed by atoms with E-state index in [0.717, 1.165) is 25.1 Å². The first-order valence-corrected chi connectivity index (χ1v) is 9.97. The van der Waals surface area contributed by atoms with E-state index in [1.807, 2.05) is 11.0 Å². The van der Waals surface area contributed by atoms with Gasteiger partial charge in [0.15, 0.2) is 0 Å². The number of carbonyl (C=O) groups is 1. The molecule has 0 radical (unpaired) electrons. The Kier molecular flexibility index (Phi) is 7.03. The molecule has 0 saturated carbocycles. The van der Waals surface area contributed by atoms with E-state index >= 15 is 0 Å². The number of rotatable bonds is 5. The summed E-state index contributed by atoms with van der Waals surface area (Å²) in [6.45, 7) is 7.55. The van der Waals surface area contributed by atoms with E-state index in [9.17, 15) is 9.18 Å². The number of halogens is 1. The lowest BCUT2D eigenvalue weighted by molar-refractivity contribution is -0.133. The Balaban J connectivity index is 1.58. The summed E-state index contributed by atoms with van der Waals surface area (Å²) in [5.41, 5.74) is 0.734. The van der Waals surface area contributed by atoms with Gasteiger partial charge in [0.25, 0.3) is 0 Å². The molecule has 1 aromatic carbocycles. The lowest BCUT2D eigenvalue weighted by atomic mass is 9.95. The third kappa shape index (κ3) is 5.27. The van der Waals surface area contributed by atoms with Gasteiger partial charge in [-0.05, 0) is 63.5 Å². The first-order chi connectivity index (χ1) is 12.6. The van der Waals surface area contributed by atoms with Crippen LogP contribution in [-0.2, 0) is 16.0 Å². The smallest absolute Gasteiger partial charge is 0.227 e. The normalized spacial score (nSPS) is 25.1. The Labute approximate surface area is 156 Å². The van der Waals surface area contributed by atoms with Gasteiger partial charge in [-0.25, -0.2) is 4.39 Å². The number of amides is 1. The minimum Gasteiger partial charge on any atom is -0.379 e. The van der Waals surface area contributed by atoms with Gasteiger partial charge in [-0.3, -0.25) is 4.79 Å². The second-order valence-electron chi connectivity index (χ2n) is 7.66. The van der Waals surface area contributed by atoms with Crippen LogP contribution in [0.25, 0.3) is 0 Å². The van der Waals surface area contributed by atoms with Crippen molar-refractivity contribution in [1.29, 1.82) is 0 Å². The summed E-state index contributed by atoms with van der Waals surface area (Å²) in [6.07, 6.45) is 5.26. The van der Waals surface area contributed by atoms with Crippen LogP contribution in [0.3, 0.4) is 0 Å². The number of ether oxygens (including phenoxy) is 1. The van der Waals surface area contributed by atoms with Crippen molar-refractivity contribution in [3.63, 3.8) is 0 Å². The van der Waals surface area contributed by atoms with Gasteiger partial charge >= 0.3 is 0 Å². The summed E-state index contributed by atoms with van der Waals surface area (Å²) in [7, 11) is 0. The standard InChI is InChI=1S/C21H31FN2O2/c1-17-19(8-11-23-9-3-2-4-10-23)16-26-13-12-24(17)21(25)15-18-6-5-7-20(22)14-18/h5-7,14,17,19H,2-4,8-13,15-16H2,1H3/t17-,19+/m1/s1. The number of likely N-dealkylation sites (tertiary alicyclic amines) is 1. The maximum atomic E-state index is 13.4. The summed E-state index contributed by atoms with van der Waals surface area (Å²) in [6, 6.07) is 6.49. The molecule has 0 N–H and O–H groups in total. The summed E-state index contributed by atoms with van der Waals surface area (Å²) in [4.78, 5) is 17.3. The zero-order chi connectivity index (χ0) is 18.4. The maximum Gasteiger partial charge on any atom is 0.227 e. The minimum absolute atomic E-state index is 0.0663. The number of carbonyl (C=O) groups excluding carboxylic acids is 1. The molecule has 0 aromatic heterocycles. The fourth-order valence-corrected chi connectivity index (χ4v) is 4.13. The number of benzene rings is 1. The first kappa shape index (κ1) is 19.3. The molecule has 0 aliphatic carbocycles. The Morgan fingerprint density at radius 3 is 2.81 bits per heavy atom. The van der Waals surface area contributed by atoms with Crippen molar-refractivity contribution < 1.29 is 13.9 Å². The van der Waals surface area contributed by atoms with Gasteiger partial charge < -0.3 is 14.5 Å². The van der Waals surface area contributed by atoms with Gasteiger partial charge in [0.05, 0.1) is 19.6 Å². The van der Waals surface area contributed by atoms with Crippen LogP contribution in [-0.4, -0.2) is 61.1 Å². The molecule has 2 atom stereocenters. The average Bonchev–Trinajstić information content (AvgIpc) is 2.82. The highest BCUT2D eigenvalue weighted by atomic mass is 19.1. The van der Waals surface area contributed by atoms with Crippen molar-refractivity contribution in [1.82, 2.24) is 9.80 Å². The Morgan fingerprint density at radius 2 is 2.04 bits per heavy atom. The van der Waals surface area contributed by atoms with E-state index in [1.54, 1.807) is 6.07 Å². The van der Waals surface area contributed by atoms with Crippen molar-refractivity contribution >= 4 is 5.91 Å². The number of hydrogen-bond acceptors (Lipinski definition) is 3. The second-order valence-corrected chi connectivity index (χ2v) is 7.66. The number of piperidine rings is 1. The van der Waals surface area contributed by atoms with Crippen LogP contribution in [0.2, 0.25) is 0 Å². The van der Waals surface area contributed by atoms with E-state index in [0.29, 0.717) is 19.1 Å². The molecule has 2 fully saturated rings. The fourth-order valence-electron chi connectivity index (χ4n) is 4.13. The number of nitrogens with zero attached hydrogens (tertiary/aromatic N) is 2. The van der Waals surface area contributed by atoms with E-state index in [1.165, 1.54) is 44.5 Å². The summed E-state index contributed by atoms with van der Waals surface area (Å²) >= 11 is 0. The topological polar surface area (TPSA) is 32.8 Å². The van der Waals surface area contributed by atoms with Crippen LogP contribution in [0.4, 0.5) is 4.39 Å². The molecule has 0 bridgehead atoms. The predicted octanol–water partition coefficient (Wildman–Crippen LogP) is 3.11. The summed E-state index contributed by atoms with van der Waals surface area (Å²) in [5.74, 6) is 0.134. The van der Waals surface area contributed by atoms with Crippen LogP contribution >= 0.6 is 0 Å². The zero-order valence-electron chi connectivity index (χ0n) is 15.8. The quantitative estimate of drug-likeness (QED) is 0.807. The molecule has 2 heterocycles. The van der Waals surface area contributed by atoms with E-state index in [4.69, 9.17) is 4.74 Å². The minimum atomic E-state index is -0.290. The molecule has 2 saturated heterocycles. The fraction of sp³-hybridized carbons (Fsp3) is 0.667. The van der Waals surface area contributed by atoms with Crippen molar-refractivity contribution in [3.05, 3.63) is 35.6 Å². The van der Waals surface area contributed by atoms with Crippen LogP contribution in [0.5, 0.6) is 0 Å². The van der Waals surface area contributed by atoms with Gasteiger partial charge in [0.2, 0.25) is 5.91 Å². The molecule has 0 unspecified atom stereocenters. The molecule has 5 heteroatoms. The monoisotopic (exact) mass is 362 g/mol. The lowest BCUT2D eigenvalue weighted by Gasteiger charge is -2.34. The predicted molar refractivity (Wildman–Crippen MR) is 100 cm³/mol. The van der Waals surface area contributed by atoms with Crippen LogP contribution in [0.1, 0.15) is 38.2 Å². The highest BCUT2D eigenvalue weighted by Gasteiger charge is 2.30. The average molecular weight is 362 g/mol. The summed E-state index contributed by atoms with van der Waals surface area (Å²) in [5, 5.41) is 0. The molecular weight excluding hydrogens is 331 g/mol. The molecule has 26 heavy (non-hydrogen) atoms. The van der Waals surface area contributed by atoms with E-state index < -0.39 is 0 Å². The van der Waals surface area contributed by atoms with E-state index in [-0.39, 0.29) is 24.2 Å². The highest BCUT2D eigenvalue weighted by Crippen LogP contribution is 2.21. The molecule has 144 valence electrons. The van der Waals surface area contributed by atoms with Gasteiger partial charge in [0, 0.05) is 18.5 Å². The largest absolute Gasteiger partial charge is 0.379 e. The number of hydrogen-bond donors (Lipinski definition) is 0. The van der Waals surface area contributed by atoms with Crippen molar-refractivity contribution in [2.24, 2.45) is 5.92 Å². The molecule has 2 aliphatic rings. The Bertz CT molecular complexity index is 589. The molecule has 3 rings (SSSR count). The molecule has 4 nitrogen and oxygen atoms in total. The van der Waals surface area contributed by atoms with Crippen LogP contribution in [0.15, 0.2) is 24.3 Å². The molecule has 1 aromatic rings. The van der Waals surface area contributed by atoms with Gasteiger partial charge in [-0.15, -0.1) is 0 Å². The Morgan fingerprint density at radius 1 is 1.23 bits per heavy atom. The molecular formula is C21H31FN2O2. The third-order valence-corrected chi connectivity index (χ3v) is 5.81. The van der Waals surface area contributed by atoms with Crippen molar-refractivity contribution in [2.45, 2.75) is 45.1 Å². The molecule has 1 amide bonds. The van der Waals surface area contributed by atoms with E-state index in [2.05, 4.69) is 11.8 Å². The maximum absolute atomic E-state index is 13.4. The Hall–Kier alpha value is -1.46. The SMILES string of the molecule is C[C@@H]1[C@@H](CCN2CCCCC2)COCCN1C(=O)Cc1cccc(F)c1. The first-order valence-electron chi connectivity index (χ1n) is 9.97. The van der Waals surface area contributed by atoms with Gasteiger partial charge in [-0.2, -0.15) is 0 Å². The third-order valence-electron chi connectivity index (χ3n) is 5.81. The zero-order valence-corrected chi connectivity index (χ0v) is 15.8. The second kappa shape index (κ2) is 9.47. The van der Waals surface area contributed by atoms with Crippen LogP contribution in [0, 0.1) is 11.7 Å². The van der Waals surface area contributed by atoms with Gasteiger partial charge in [0.1, 0.15) is 5.82 Å². The van der Waals surface area contributed by atoms with Gasteiger partial charge in [-0.1, -0.05) is 18.6 Å². The van der Waals surface area contributed by atoms with Crippen LogP contribution < -0.4 is 0 Å². The van der Waals surface area contributed by atoms with Crippen molar-refractivity contribution in [3.8, 4) is 0 Å². The molecule has 2 aliphatic heterocycles. The lowest BCUT2D eigenvalue weighted by Crippen LogP contribution is -2.44. The highest BCUT2D eigenvalue weighted by molar-refractivity contribution is 5.79. The summed E-state index contributed by atoms with van der Waals surface area (Å²) < 4.78 is 19.2.